The minimum absolute atomic E-state index is 0.00115. The van der Waals surface area contributed by atoms with Gasteiger partial charge >= 0.3 is 6.55 Å². The van der Waals surface area contributed by atoms with Crippen molar-refractivity contribution in [2.75, 3.05) is 20.6 Å². The predicted octanol–water partition coefficient (Wildman–Crippen LogP) is 2.21. The first-order chi connectivity index (χ1) is 10.7. The van der Waals surface area contributed by atoms with E-state index < -0.39 is 12.5 Å². The summed E-state index contributed by atoms with van der Waals surface area (Å²) in [4.78, 5) is 22.4. The number of carboxylic acid groups (broad SMARTS) is 1. The van der Waals surface area contributed by atoms with Gasteiger partial charge in [-0.2, -0.15) is 8.78 Å². The van der Waals surface area contributed by atoms with Crippen molar-refractivity contribution < 1.29 is 23.5 Å². The third kappa shape index (κ3) is 6.35. The Morgan fingerprint density at radius 2 is 1.91 bits per heavy atom. The van der Waals surface area contributed by atoms with Crippen molar-refractivity contribution >= 4 is 12.4 Å². The molecule has 1 amide bonds. The SMILES string of the molecule is Cc1ccc(C(=O)NCC(C(C)C)N(C)C)n1C(F)F.O=CO. The Kier molecular flexibility index (Phi) is 9.09. The van der Waals surface area contributed by atoms with E-state index in [1.54, 1.807) is 6.92 Å². The van der Waals surface area contributed by atoms with E-state index in [0.29, 0.717) is 18.2 Å². The lowest BCUT2D eigenvalue weighted by Crippen LogP contribution is -2.43. The molecule has 0 aliphatic heterocycles. The van der Waals surface area contributed by atoms with Gasteiger partial charge in [-0.3, -0.25) is 14.2 Å². The number of nitrogens with one attached hydrogen (secondary N) is 1. The summed E-state index contributed by atoms with van der Waals surface area (Å²) in [5, 5.41) is 9.62. The fourth-order valence-electron chi connectivity index (χ4n) is 2.30. The molecule has 0 saturated carbocycles. The molecule has 0 spiro atoms. The zero-order valence-electron chi connectivity index (χ0n) is 14.1. The van der Waals surface area contributed by atoms with Crippen molar-refractivity contribution in [2.45, 2.75) is 33.4 Å². The number of alkyl halides is 2. The van der Waals surface area contributed by atoms with Crippen molar-refractivity contribution in [3.63, 3.8) is 0 Å². The topological polar surface area (TPSA) is 74.6 Å². The number of rotatable bonds is 6. The molecule has 0 radical (unpaired) electrons. The molecule has 0 fully saturated rings. The van der Waals surface area contributed by atoms with Crippen LogP contribution in [0.15, 0.2) is 12.1 Å². The van der Waals surface area contributed by atoms with Gasteiger partial charge in [0.1, 0.15) is 5.69 Å². The molecule has 0 aliphatic carbocycles. The fourth-order valence-corrected chi connectivity index (χ4v) is 2.30. The number of hydrogen-bond acceptors (Lipinski definition) is 3. The van der Waals surface area contributed by atoms with Gasteiger partial charge in [0.2, 0.25) is 0 Å². The summed E-state index contributed by atoms with van der Waals surface area (Å²) in [7, 11) is 3.87. The Morgan fingerprint density at radius 1 is 1.39 bits per heavy atom. The third-order valence-electron chi connectivity index (χ3n) is 3.45. The maximum Gasteiger partial charge on any atom is 0.319 e. The maximum absolute atomic E-state index is 12.9. The second-order valence-corrected chi connectivity index (χ2v) is 5.60. The van der Waals surface area contributed by atoms with Gasteiger partial charge in [-0.15, -0.1) is 0 Å². The average molecular weight is 333 g/mol. The van der Waals surface area contributed by atoms with Crippen molar-refractivity contribution in [1.82, 2.24) is 14.8 Å². The van der Waals surface area contributed by atoms with Crippen LogP contribution in [0.25, 0.3) is 0 Å². The molecule has 6 nitrogen and oxygen atoms in total. The second kappa shape index (κ2) is 9.94. The van der Waals surface area contributed by atoms with Crippen molar-refractivity contribution in [3.8, 4) is 0 Å². The fraction of sp³-hybridized carbons (Fsp3) is 0.600. The third-order valence-corrected chi connectivity index (χ3v) is 3.45. The van der Waals surface area contributed by atoms with Crippen molar-refractivity contribution in [1.29, 1.82) is 0 Å². The molecule has 1 unspecified atom stereocenters. The van der Waals surface area contributed by atoms with Crippen LogP contribution in [-0.4, -0.2) is 53.6 Å². The van der Waals surface area contributed by atoms with Crippen LogP contribution in [0, 0.1) is 12.8 Å². The molecule has 1 heterocycles. The van der Waals surface area contributed by atoms with Gasteiger partial charge in [0.05, 0.1) is 0 Å². The summed E-state index contributed by atoms with van der Waals surface area (Å²) in [6, 6.07) is 3.11. The Labute approximate surface area is 135 Å². The standard InChI is InChI=1S/C14H23F2N3O.CH2O2/c1-9(2)12(18(4)5)8-17-13(20)11-7-6-10(3)19(11)14(15)16;2-1-3/h6-7,9,12,14H,8H2,1-5H3,(H,17,20);1H,(H,2,3). The highest BCUT2D eigenvalue weighted by Crippen LogP contribution is 2.18. The van der Waals surface area contributed by atoms with Crippen molar-refractivity contribution in [2.24, 2.45) is 5.92 Å². The van der Waals surface area contributed by atoms with E-state index in [9.17, 15) is 13.6 Å². The smallest absolute Gasteiger partial charge is 0.319 e. The average Bonchev–Trinajstić information content (AvgIpc) is 2.80. The van der Waals surface area contributed by atoms with Crippen LogP contribution in [0.2, 0.25) is 0 Å². The molecule has 23 heavy (non-hydrogen) atoms. The number of amides is 1. The van der Waals surface area contributed by atoms with E-state index in [4.69, 9.17) is 9.90 Å². The monoisotopic (exact) mass is 333 g/mol. The molecule has 0 aromatic carbocycles. The number of hydrogen-bond donors (Lipinski definition) is 2. The Hall–Kier alpha value is -1.96. The van der Waals surface area contributed by atoms with Gasteiger partial charge in [0.15, 0.2) is 0 Å². The molecule has 1 rings (SSSR count). The Morgan fingerprint density at radius 3 is 2.30 bits per heavy atom. The van der Waals surface area contributed by atoms with E-state index in [1.807, 2.05) is 19.0 Å². The van der Waals surface area contributed by atoms with E-state index in [-0.39, 0.29) is 18.2 Å². The number of likely N-dealkylation sites (N-methyl/N-ethyl adjacent to an activating group) is 1. The number of aryl methyl sites for hydroxylation is 1. The molecular formula is C15H25F2N3O3. The normalized spacial score (nSPS) is 12.1. The quantitative estimate of drug-likeness (QED) is 0.783. The molecule has 8 heteroatoms. The van der Waals surface area contributed by atoms with Crippen LogP contribution in [0.1, 0.15) is 36.6 Å². The molecule has 1 aromatic rings. The van der Waals surface area contributed by atoms with Gasteiger partial charge in [-0.05, 0) is 39.1 Å². The van der Waals surface area contributed by atoms with E-state index >= 15 is 0 Å². The molecule has 0 bridgehead atoms. The van der Waals surface area contributed by atoms with Crippen LogP contribution in [0.4, 0.5) is 8.78 Å². The molecule has 0 aliphatic rings. The molecule has 1 atom stereocenters. The summed E-state index contributed by atoms with van der Waals surface area (Å²) in [5.41, 5.74) is 0.372. The van der Waals surface area contributed by atoms with Gasteiger partial charge in [0, 0.05) is 18.3 Å². The van der Waals surface area contributed by atoms with E-state index in [0.717, 1.165) is 4.57 Å². The van der Waals surface area contributed by atoms with Gasteiger partial charge < -0.3 is 15.3 Å². The van der Waals surface area contributed by atoms with Crippen LogP contribution in [0.5, 0.6) is 0 Å². The second-order valence-electron chi connectivity index (χ2n) is 5.60. The van der Waals surface area contributed by atoms with Gasteiger partial charge in [-0.1, -0.05) is 13.8 Å². The molecule has 132 valence electrons. The molecule has 0 saturated heterocycles. The first kappa shape index (κ1) is 21.0. The van der Waals surface area contributed by atoms with Gasteiger partial charge in [0.25, 0.3) is 12.4 Å². The first-order valence-corrected chi connectivity index (χ1v) is 7.15. The first-order valence-electron chi connectivity index (χ1n) is 7.15. The highest BCUT2D eigenvalue weighted by molar-refractivity contribution is 5.93. The summed E-state index contributed by atoms with van der Waals surface area (Å²) in [5.74, 6) is -0.111. The van der Waals surface area contributed by atoms with E-state index in [2.05, 4.69) is 19.2 Å². The lowest BCUT2D eigenvalue weighted by Gasteiger charge is -2.28. The minimum atomic E-state index is -2.71. The highest BCUT2D eigenvalue weighted by atomic mass is 19.3. The summed E-state index contributed by atoms with van der Waals surface area (Å²) < 4.78 is 26.6. The van der Waals surface area contributed by atoms with Crippen molar-refractivity contribution in [3.05, 3.63) is 23.5 Å². The minimum Gasteiger partial charge on any atom is -0.483 e. The molecule has 1 aromatic heterocycles. The lowest BCUT2D eigenvalue weighted by molar-refractivity contribution is -0.122. The predicted molar refractivity (Wildman–Crippen MR) is 83.8 cm³/mol. The lowest BCUT2D eigenvalue weighted by atomic mass is 10.0. The largest absolute Gasteiger partial charge is 0.483 e. The zero-order chi connectivity index (χ0) is 18.2. The summed E-state index contributed by atoms with van der Waals surface area (Å²) >= 11 is 0. The van der Waals surface area contributed by atoms with Crippen LogP contribution in [-0.2, 0) is 4.79 Å². The highest BCUT2D eigenvalue weighted by Gasteiger charge is 2.21. The summed E-state index contributed by atoms with van der Waals surface area (Å²) in [6.45, 7) is 3.14. The number of nitrogens with zero attached hydrogens (tertiary/aromatic N) is 2. The maximum atomic E-state index is 12.9. The number of carbonyl (C=O) groups excluding carboxylic acids is 1. The Bertz CT molecular complexity index is 494. The summed E-state index contributed by atoms with van der Waals surface area (Å²) in [6.07, 6.45) is 0. The number of carbonyl (C=O) groups is 2. The number of aromatic nitrogens is 1. The molecule has 2 N–H and O–H groups in total. The van der Waals surface area contributed by atoms with E-state index in [1.165, 1.54) is 12.1 Å². The van der Waals surface area contributed by atoms with Gasteiger partial charge in [-0.25, -0.2) is 0 Å². The molecular weight excluding hydrogens is 308 g/mol. The van der Waals surface area contributed by atoms with Crippen LogP contribution in [0.3, 0.4) is 0 Å². The zero-order valence-corrected chi connectivity index (χ0v) is 14.1. The number of halogens is 2. The van der Waals surface area contributed by atoms with Crippen LogP contribution >= 0.6 is 0 Å². The Balaban J connectivity index is 0.00000149. The van der Waals surface area contributed by atoms with Crippen LogP contribution < -0.4 is 5.32 Å².